The Morgan fingerprint density at radius 2 is 1.70 bits per heavy atom. The minimum absolute atomic E-state index is 0.0895. The Morgan fingerprint density at radius 3 is 2.33 bits per heavy atom. The molecular formula is C23H28N4O3. The van der Waals surface area contributed by atoms with Crippen molar-refractivity contribution < 1.29 is 14.4 Å². The first-order valence-electron chi connectivity index (χ1n) is 10.7. The number of imide groups is 1. The van der Waals surface area contributed by atoms with Crippen LogP contribution in [0.15, 0.2) is 30.3 Å². The van der Waals surface area contributed by atoms with Crippen LogP contribution in [0.3, 0.4) is 0 Å². The fourth-order valence-electron chi connectivity index (χ4n) is 4.69. The van der Waals surface area contributed by atoms with Gasteiger partial charge < -0.3 is 5.32 Å². The third kappa shape index (κ3) is 3.76. The van der Waals surface area contributed by atoms with E-state index in [-0.39, 0.29) is 42.5 Å². The molecule has 1 saturated carbocycles. The van der Waals surface area contributed by atoms with Crippen LogP contribution in [0.25, 0.3) is 5.69 Å². The van der Waals surface area contributed by atoms with E-state index in [2.05, 4.69) is 10.4 Å². The Morgan fingerprint density at radius 1 is 1.07 bits per heavy atom. The monoisotopic (exact) mass is 408 g/mol. The molecule has 1 saturated heterocycles. The number of aryl methyl sites for hydroxylation is 1. The van der Waals surface area contributed by atoms with Crippen LogP contribution in [0.1, 0.15) is 49.1 Å². The predicted molar refractivity (Wildman–Crippen MR) is 112 cm³/mol. The summed E-state index contributed by atoms with van der Waals surface area (Å²) in [4.78, 5) is 38.8. The van der Waals surface area contributed by atoms with Gasteiger partial charge in [0.1, 0.15) is 0 Å². The van der Waals surface area contributed by atoms with E-state index in [9.17, 15) is 14.4 Å². The second-order valence-corrected chi connectivity index (χ2v) is 8.25. The van der Waals surface area contributed by atoms with Gasteiger partial charge in [-0.25, -0.2) is 4.68 Å². The molecule has 0 unspecified atom stereocenters. The molecule has 158 valence electrons. The average molecular weight is 409 g/mol. The van der Waals surface area contributed by atoms with E-state index in [1.807, 2.05) is 48.9 Å². The highest BCUT2D eigenvalue weighted by Gasteiger charge is 2.47. The number of para-hydroxylation sites is 1. The largest absolute Gasteiger partial charge is 0.352 e. The number of likely N-dealkylation sites (tertiary alicyclic amines) is 1. The zero-order valence-corrected chi connectivity index (χ0v) is 17.6. The minimum Gasteiger partial charge on any atom is -0.352 e. The molecule has 2 fully saturated rings. The van der Waals surface area contributed by atoms with Crippen molar-refractivity contribution in [2.75, 3.05) is 6.54 Å². The molecule has 0 spiro atoms. The lowest BCUT2D eigenvalue weighted by molar-refractivity contribution is -0.140. The van der Waals surface area contributed by atoms with Gasteiger partial charge in [0.25, 0.3) is 0 Å². The Labute approximate surface area is 176 Å². The second-order valence-electron chi connectivity index (χ2n) is 8.25. The lowest BCUT2D eigenvalue weighted by Crippen LogP contribution is -2.35. The average Bonchev–Trinajstić information content (AvgIpc) is 3.18. The summed E-state index contributed by atoms with van der Waals surface area (Å²) in [5.41, 5.74) is 3.80. The Kier molecular flexibility index (Phi) is 5.70. The molecule has 1 aromatic heterocycles. The van der Waals surface area contributed by atoms with Gasteiger partial charge in [-0.15, -0.1) is 0 Å². The summed E-state index contributed by atoms with van der Waals surface area (Å²) in [6.07, 6.45) is 3.72. The number of carbonyl (C=O) groups excluding carboxylic acids is 3. The molecular weight excluding hydrogens is 380 g/mol. The molecule has 1 aliphatic heterocycles. The molecule has 2 aromatic rings. The first-order chi connectivity index (χ1) is 14.5. The van der Waals surface area contributed by atoms with Gasteiger partial charge in [0, 0.05) is 30.8 Å². The van der Waals surface area contributed by atoms with Crippen molar-refractivity contribution in [3.05, 3.63) is 47.3 Å². The summed E-state index contributed by atoms with van der Waals surface area (Å²) in [6.45, 7) is 4.45. The summed E-state index contributed by atoms with van der Waals surface area (Å²) in [6, 6.07) is 9.86. The maximum Gasteiger partial charge on any atom is 0.233 e. The van der Waals surface area contributed by atoms with E-state index in [1.165, 1.54) is 4.90 Å². The fraction of sp³-hybridized carbons (Fsp3) is 0.478. The van der Waals surface area contributed by atoms with Crippen molar-refractivity contribution in [3.8, 4) is 5.69 Å². The van der Waals surface area contributed by atoms with Crippen molar-refractivity contribution in [1.29, 1.82) is 0 Å². The molecule has 7 heteroatoms. The van der Waals surface area contributed by atoms with E-state index in [0.717, 1.165) is 48.3 Å². The first-order valence-corrected chi connectivity index (χ1v) is 10.7. The maximum atomic E-state index is 12.5. The van der Waals surface area contributed by atoms with Gasteiger partial charge in [-0.3, -0.25) is 19.3 Å². The third-order valence-electron chi connectivity index (χ3n) is 6.40. The van der Waals surface area contributed by atoms with E-state index in [4.69, 9.17) is 0 Å². The normalized spacial score (nSPS) is 21.1. The number of aromatic nitrogens is 2. The highest BCUT2D eigenvalue weighted by atomic mass is 16.2. The maximum absolute atomic E-state index is 12.5. The number of nitrogens with zero attached hydrogens (tertiary/aromatic N) is 3. The number of hydrogen-bond donors (Lipinski definition) is 1. The molecule has 0 radical (unpaired) electrons. The molecule has 0 bridgehead atoms. The third-order valence-corrected chi connectivity index (χ3v) is 6.40. The SMILES string of the molecule is Cc1nn(-c2ccccc2)c(C)c1CNC(=O)CCN1C(=O)[C@H]2CCCC[C@@H]2C1=O. The van der Waals surface area contributed by atoms with Gasteiger partial charge in [0.15, 0.2) is 0 Å². The van der Waals surface area contributed by atoms with Gasteiger partial charge in [0.2, 0.25) is 17.7 Å². The lowest BCUT2D eigenvalue weighted by Gasteiger charge is -2.19. The standard InChI is InChI=1S/C23H28N4O3/c1-15-20(16(2)27(25-15)17-8-4-3-5-9-17)14-24-21(28)12-13-26-22(29)18-10-6-7-11-19(18)23(26)30/h3-5,8-9,18-19H,6-7,10-14H2,1-2H3,(H,24,28)/t18-,19-/m0/s1. The first kappa shape index (κ1) is 20.3. The number of fused-ring (bicyclic) bond motifs is 1. The molecule has 30 heavy (non-hydrogen) atoms. The number of amides is 3. The molecule has 7 nitrogen and oxygen atoms in total. The van der Waals surface area contributed by atoms with E-state index in [0.29, 0.717) is 6.54 Å². The highest BCUT2D eigenvalue weighted by molar-refractivity contribution is 6.05. The fourth-order valence-corrected chi connectivity index (χ4v) is 4.69. The molecule has 3 amide bonds. The highest BCUT2D eigenvalue weighted by Crippen LogP contribution is 2.37. The zero-order valence-electron chi connectivity index (χ0n) is 17.6. The molecule has 1 N–H and O–H groups in total. The Balaban J connectivity index is 1.34. The van der Waals surface area contributed by atoms with Crippen LogP contribution in [0.4, 0.5) is 0 Å². The summed E-state index contributed by atoms with van der Waals surface area (Å²) in [5.74, 6) is -0.676. The molecule has 1 aromatic carbocycles. The predicted octanol–water partition coefficient (Wildman–Crippen LogP) is 2.67. The topological polar surface area (TPSA) is 84.3 Å². The van der Waals surface area contributed by atoms with Crippen molar-refractivity contribution in [2.24, 2.45) is 11.8 Å². The van der Waals surface area contributed by atoms with Gasteiger partial charge in [0.05, 0.1) is 23.2 Å². The lowest BCUT2D eigenvalue weighted by atomic mass is 9.81. The van der Waals surface area contributed by atoms with Crippen LogP contribution < -0.4 is 5.32 Å². The van der Waals surface area contributed by atoms with Crippen LogP contribution in [-0.4, -0.2) is 38.9 Å². The van der Waals surface area contributed by atoms with Crippen LogP contribution >= 0.6 is 0 Å². The molecule has 2 aliphatic rings. The van der Waals surface area contributed by atoms with E-state index in [1.54, 1.807) is 0 Å². The van der Waals surface area contributed by atoms with Gasteiger partial charge in [-0.1, -0.05) is 31.0 Å². The minimum atomic E-state index is -0.170. The van der Waals surface area contributed by atoms with Crippen LogP contribution in [0.5, 0.6) is 0 Å². The van der Waals surface area contributed by atoms with Crippen LogP contribution in [-0.2, 0) is 20.9 Å². The zero-order chi connectivity index (χ0) is 21.3. The molecule has 1 aliphatic carbocycles. The molecule has 2 atom stereocenters. The summed E-state index contributed by atoms with van der Waals surface area (Å²) >= 11 is 0. The van der Waals surface area contributed by atoms with E-state index < -0.39 is 0 Å². The molecule has 4 rings (SSSR count). The molecule has 2 heterocycles. The van der Waals surface area contributed by atoms with Crippen LogP contribution in [0.2, 0.25) is 0 Å². The van der Waals surface area contributed by atoms with Crippen molar-refractivity contribution >= 4 is 17.7 Å². The number of hydrogen-bond acceptors (Lipinski definition) is 4. The number of benzene rings is 1. The van der Waals surface area contributed by atoms with E-state index >= 15 is 0 Å². The summed E-state index contributed by atoms with van der Waals surface area (Å²) in [5, 5.41) is 7.52. The number of carbonyl (C=O) groups is 3. The number of nitrogens with one attached hydrogen (secondary N) is 1. The quantitative estimate of drug-likeness (QED) is 0.745. The Bertz CT molecular complexity index is 942. The van der Waals surface area contributed by atoms with Crippen LogP contribution in [0, 0.1) is 25.7 Å². The Hall–Kier alpha value is -2.96. The van der Waals surface area contributed by atoms with Crippen molar-refractivity contribution in [3.63, 3.8) is 0 Å². The van der Waals surface area contributed by atoms with Crippen molar-refractivity contribution in [2.45, 2.75) is 52.5 Å². The van der Waals surface area contributed by atoms with Crippen molar-refractivity contribution in [1.82, 2.24) is 20.0 Å². The summed E-state index contributed by atoms with van der Waals surface area (Å²) in [7, 11) is 0. The summed E-state index contributed by atoms with van der Waals surface area (Å²) < 4.78 is 1.88. The second kappa shape index (κ2) is 8.42. The number of rotatable bonds is 6. The smallest absolute Gasteiger partial charge is 0.233 e. The van der Waals surface area contributed by atoms with Gasteiger partial charge in [-0.2, -0.15) is 5.10 Å². The van der Waals surface area contributed by atoms with Gasteiger partial charge in [-0.05, 0) is 38.8 Å². The van der Waals surface area contributed by atoms with Gasteiger partial charge >= 0.3 is 0 Å².